The molecular formula is C26H21F2NO4. The molecule has 0 aliphatic carbocycles. The van der Waals surface area contributed by atoms with E-state index in [1.165, 1.54) is 53.4 Å². The fourth-order valence-corrected chi connectivity index (χ4v) is 3.77. The quantitative estimate of drug-likeness (QED) is 0.312. The molecule has 7 heteroatoms. The van der Waals surface area contributed by atoms with Crippen molar-refractivity contribution in [3.8, 4) is 5.75 Å². The highest BCUT2D eigenvalue weighted by atomic mass is 19.1. The Balaban J connectivity index is 1.88. The van der Waals surface area contributed by atoms with Crippen LogP contribution >= 0.6 is 0 Å². The fourth-order valence-electron chi connectivity index (χ4n) is 3.77. The number of anilines is 1. The van der Waals surface area contributed by atoms with Gasteiger partial charge in [-0.1, -0.05) is 31.2 Å². The summed E-state index contributed by atoms with van der Waals surface area (Å²) in [5, 5.41) is 11.1. The van der Waals surface area contributed by atoms with Gasteiger partial charge in [-0.15, -0.1) is 0 Å². The van der Waals surface area contributed by atoms with Gasteiger partial charge in [0, 0.05) is 11.3 Å². The number of Topliss-reactive ketones (excluding diaryl/α,β-unsaturated/α-hetero) is 1. The Labute approximate surface area is 189 Å². The number of carbonyl (C=O) groups excluding carboxylic acids is 2. The molecule has 4 rings (SSSR count). The number of ether oxygens (including phenoxy) is 1. The minimum Gasteiger partial charge on any atom is -0.507 e. The molecule has 0 saturated carbocycles. The smallest absolute Gasteiger partial charge is 0.300 e. The van der Waals surface area contributed by atoms with Crippen molar-refractivity contribution in [3.63, 3.8) is 0 Å². The zero-order chi connectivity index (χ0) is 23.5. The first-order valence-corrected chi connectivity index (χ1v) is 10.5. The third-order valence-corrected chi connectivity index (χ3v) is 5.32. The Hall–Kier alpha value is -4.00. The van der Waals surface area contributed by atoms with Gasteiger partial charge in [-0.05, 0) is 60.5 Å². The Morgan fingerprint density at radius 2 is 1.61 bits per heavy atom. The van der Waals surface area contributed by atoms with E-state index in [0.717, 1.165) is 6.42 Å². The molecule has 0 radical (unpaired) electrons. The van der Waals surface area contributed by atoms with E-state index < -0.39 is 29.4 Å². The molecule has 1 aliphatic heterocycles. The first kappa shape index (κ1) is 22.2. The summed E-state index contributed by atoms with van der Waals surface area (Å²) in [5.41, 5.74) is 0.836. The van der Waals surface area contributed by atoms with Gasteiger partial charge in [0.15, 0.2) is 0 Å². The molecule has 0 bridgehead atoms. The van der Waals surface area contributed by atoms with Crippen LogP contribution < -0.4 is 9.64 Å². The highest BCUT2D eigenvalue weighted by Crippen LogP contribution is 2.42. The number of hydrogen-bond acceptors (Lipinski definition) is 4. The molecule has 3 aromatic carbocycles. The molecule has 1 atom stereocenters. The van der Waals surface area contributed by atoms with Crippen LogP contribution in [-0.4, -0.2) is 23.4 Å². The molecule has 1 aliphatic rings. The van der Waals surface area contributed by atoms with Crippen LogP contribution in [0.3, 0.4) is 0 Å². The molecule has 0 spiro atoms. The SMILES string of the molecule is CCCOc1cccc(/C(O)=C2/C(=O)C(=O)N(c3ccc(F)cc3)C2c2ccc(F)cc2)c1. The lowest BCUT2D eigenvalue weighted by Gasteiger charge is -2.25. The van der Waals surface area contributed by atoms with Crippen molar-refractivity contribution in [2.45, 2.75) is 19.4 Å². The van der Waals surface area contributed by atoms with Gasteiger partial charge in [-0.2, -0.15) is 0 Å². The van der Waals surface area contributed by atoms with Crippen LogP contribution in [0.4, 0.5) is 14.5 Å². The van der Waals surface area contributed by atoms with Crippen molar-refractivity contribution in [1.29, 1.82) is 0 Å². The average molecular weight is 449 g/mol. The molecule has 1 unspecified atom stereocenters. The lowest BCUT2D eigenvalue weighted by molar-refractivity contribution is -0.132. The predicted molar refractivity (Wildman–Crippen MR) is 120 cm³/mol. The van der Waals surface area contributed by atoms with Crippen molar-refractivity contribution < 1.29 is 28.2 Å². The molecule has 5 nitrogen and oxygen atoms in total. The lowest BCUT2D eigenvalue weighted by Crippen LogP contribution is -2.29. The molecule has 1 saturated heterocycles. The average Bonchev–Trinajstić information content (AvgIpc) is 3.09. The van der Waals surface area contributed by atoms with E-state index in [4.69, 9.17) is 4.74 Å². The summed E-state index contributed by atoms with van der Waals surface area (Å²) in [4.78, 5) is 27.3. The zero-order valence-corrected chi connectivity index (χ0v) is 17.8. The van der Waals surface area contributed by atoms with E-state index in [9.17, 15) is 23.5 Å². The molecule has 1 N–H and O–H groups in total. The van der Waals surface area contributed by atoms with Crippen molar-refractivity contribution in [2.24, 2.45) is 0 Å². The number of benzene rings is 3. The van der Waals surface area contributed by atoms with E-state index in [0.29, 0.717) is 23.5 Å². The van der Waals surface area contributed by atoms with E-state index >= 15 is 0 Å². The van der Waals surface area contributed by atoms with E-state index in [1.807, 2.05) is 6.92 Å². The summed E-state index contributed by atoms with van der Waals surface area (Å²) in [6, 6.07) is 15.9. The standard InChI is InChI=1S/C26H21F2NO4/c1-2-14-33-21-5-3-4-17(15-21)24(30)22-23(16-6-8-18(27)9-7-16)29(26(32)25(22)31)20-12-10-19(28)11-13-20/h3-13,15,23,30H,2,14H2,1H3/b24-22-. The number of amides is 1. The lowest BCUT2D eigenvalue weighted by atomic mass is 9.95. The highest BCUT2D eigenvalue weighted by Gasteiger charge is 2.47. The molecule has 33 heavy (non-hydrogen) atoms. The van der Waals surface area contributed by atoms with Crippen molar-refractivity contribution in [1.82, 2.24) is 0 Å². The van der Waals surface area contributed by atoms with Crippen LogP contribution in [0, 0.1) is 11.6 Å². The summed E-state index contributed by atoms with van der Waals surface area (Å²) in [6.07, 6.45) is 0.795. The maximum Gasteiger partial charge on any atom is 0.300 e. The first-order chi connectivity index (χ1) is 15.9. The number of aliphatic hydroxyl groups excluding tert-OH is 1. The summed E-state index contributed by atoms with van der Waals surface area (Å²) >= 11 is 0. The largest absolute Gasteiger partial charge is 0.507 e. The van der Waals surface area contributed by atoms with Gasteiger partial charge in [0.25, 0.3) is 11.7 Å². The van der Waals surface area contributed by atoms with Crippen LogP contribution in [0.5, 0.6) is 5.75 Å². The Morgan fingerprint density at radius 1 is 0.970 bits per heavy atom. The van der Waals surface area contributed by atoms with Gasteiger partial charge in [0.1, 0.15) is 23.1 Å². The van der Waals surface area contributed by atoms with Gasteiger partial charge >= 0.3 is 0 Å². The van der Waals surface area contributed by atoms with Crippen LogP contribution in [-0.2, 0) is 9.59 Å². The van der Waals surface area contributed by atoms with Crippen molar-refractivity contribution in [3.05, 3.63) is 101 Å². The maximum atomic E-state index is 13.6. The van der Waals surface area contributed by atoms with Crippen molar-refractivity contribution in [2.75, 3.05) is 11.5 Å². The van der Waals surface area contributed by atoms with E-state index in [2.05, 4.69) is 0 Å². The summed E-state index contributed by atoms with van der Waals surface area (Å²) in [7, 11) is 0. The maximum absolute atomic E-state index is 13.6. The number of aliphatic hydroxyl groups is 1. The second-order valence-corrected chi connectivity index (χ2v) is 7.57. The number of ketones is 1. The number of rotatable bonds is 6. The second kappa shape index (κ2) is 9.24. The third-order valence-electron chi connectivity index (χ3n) is 5.32. The Morgan fingerprint density at radius 3 is 2.24 bits per heavy atom. The predicted octanol–water partition coefficient (Wildman–Crippen LogP) is 5.38. The summed E-state index contributed by atoms with van der Waals surface area (Å²) < 4.78 is 32.7. The molecule has 3 aromatic rings. The second-order valence-electron chi connectivity index (χ2n) is 7.57. The number of nitrogens with zero attached hydrogens (tertiary/aromatic N) is 1. The molecule has 1 amide bonds. The molecule has 0 aromatic heterocycles. The number of halogens is 2. The number of carbonyl (C=O) groups is 2. The van der Waals surface area contributed by atoms with Gasteiger partial charge in [0.05, 0.1) is 18.2 Å². The van der Waals surface area contributed by atoms with Gasteiger partial charge < -0.3 is 9.84 Å². The van der Waals surface area contributed by atoms with Gasteiger partial charge in [-0.25, -0.2) is 8.78 Å². The van der Waals surface area contributed by atoms with E-state index in [1.54, 1.807) is 24.3 Å². The van der Waals surface area contributed by atoms with Crippen molar-refractivity contribution >= 4 is 23.1 Å². The minimum atomic E-state index is -1.03. The highest BCUT2D eigenvalue weighted by molar-refractivity contribution is 6.51. The molecule has 1 fully saturated rings. The topological polar surface area (TPSA) is 66.8 Å². The Kier molecular flexibility index (Phi) is 6.22. The van der Waals surface area contributed by atoms with Crippen LogP contribution in [0.25, 0.3) is 5.76 Å². The minimum absolute atomic E-state index is 0.149. The fraction of sp³-hybridized carbons (Fsp3) is 0.154. The van der Waals surface area contributed by atoms with E-state index in [-0.39, 0.29) is 17.0 Å². The molecular weight excluding hydrogens is 428 g/mol. The third kappa shape index (κ3) is 4.35. The first-order valence-electron chi connectivity index (χ1n) is 10.5. The molecule has 168 valence electrons. The van der Waals surface area contributed by atoms with Crippen LogP contribution in [0.1, 0.15) is 30.5 Å². The molecule has 1 heterocycles. The van der Waals surface area contributed by atoms with Gasteiger partial charge in [0.2, 0.25) is 0 Å². The normalized spacial score (nSPS) is 17.4. The summed E-state index contributed by atoms with van der Waals surface area (Å²) in [6.45, 7) is 2.44. The van der Waals surface area contributed by atoms with Gasteiger partial charge in [-0.3, -0.25) is 14.5 Å². The summed E-state index contributed by atoms with van der Waals surface area (Å²) in [5.74, 6) is -2.64. The monoisotopic (exact) mass is 449 g/mol. The Bertz CT molecular complexity index is 1220. The van der Waals surface area contributed by atoms with Crippen LogP contribution in [0.2, 0.25) is 0 Å². The zero-order valence-electron chi connectivity index (χ0n) is 17.8. The van der Waals surface area contributed by atoms with Crippen LogP contribution in [0.15, 0.2) is 78.4 Å². The number of hydrogen-bond donors (Lipinski definition) is 1.